The van der Waals surface area contributed by atoms with E-state index in [1.165, 1.54) is 0 Å². The van der Waals surface area contributed by atoms with E-state index in [0.29, 0.717) is 0 Å². The van der Waals surface area contributed by atoms with Crippen LogP contribution < -0.4 is 15.1 Å². The summed E-state index contributed by atoms with van der Waals surface area (Å²) >= 11 is 0. The average molecular weight is 327 g/mol. The van der Waals surface area contributed by atoms with Crippen molar-refractivity contribution in [1.29, 1.82) is 0 Å². The fourth-order valence-corrected chi connectivity index (χ4v) is 2.55. The van der Waals surface area contributed by atoms with Crippen molar-refractivity contribution in [2.75, 3.05) is 44.5 Å². The molecule has 5 nitrogen and oxygen atoms in total. The zero-order chi connectivity index (χ0) is 17.7. The van der Waals surface area contributed by atoms with Crippen molar-refractivity contribution >= 4 is 17.3 Å². The van der Waals surface area contributed by atoms with Gasteiger partial charge in [-0.3, -0.25) is 10.1 Å². The van der Waals surface area contributed by atoms with E-state index < -0.39 is 5.97 Å². The van der Waals surface area contributed by atoms with Crippen LogP contribution in [0.1, 0.15) is 17.2 Å². The lowest BCUT2D eigenvalue weighted by atomic mass is 9.98. The number of hydrogen-bond acceptors (Lipinski definition) is 4. The average Bonchev–Trinajstić information content (AvgIpc) is 2.55. The summed E-state index contributed by atoms with van der Waals surface area (Å²) in [6, 6.07) is 16.1. The smallest absolute Gasteiger partial charge is 0.317 e. The van der Waals surface area contributed by atoms with Crippen molar-refractivity contribution in [2.45, 2.75) is 6.04 Å². The van der Waals surface area contributed by atoms with Crippen molar-refractivity contribution in [3.63, 3.8) is 0 Å². The minimum Gasteiger partial charge on any atom is -0.480 e. The van der Waals surface area contributed by atoms with E-state index in [1.54, 1.807) is 0 Å². The largest absolute Gasteiger partial charge is 0.480 e. The Bertz CT molecular complexity index is 613. The summed E-state index contributed by atoms with van der Waals surface area (Å²) in [5.41, 5.74) is 4.30. The summed E-state index contributed by atoms with van der Waals surface area (Å²) in [6.45, 7) is -0.0878. The highest BCUT2D eigenvalue weighted by atomic mass is 16.4. The molecule has 0 saturated carbocycles. The number of carboxylic acid groups (broad SMARTS) is 1. The summed E-state index contributed by atoms with van der Waals surface area (Å²) in [7, 11) is 7.98. The van der Waals surface area contributed by atoms with Crippen LogP contribution in [-0.4, -0.2) is 45.8 Å². The van der Waals surface area contributed by atoms with Crippen LogP contribution in [0.2, 0.25) is 0 Å². The highest BCUT2D eigenvalue weighted by Gasteiger charge is 2.15. The van der Waals surface area contributed by atoms with Gasteiger partial charge in [-0.1, -0.05) is 24.3 Å². The van der Waals surface area contributed by atoms with Crippen LogP contribution in [0.25, 0.3) is 0 Å². The lowest BCUT2D eigenvalue weighted by Crippen LogP contribution is -2.28. The number of carboxylic acids is 1. The molecule has 0 spiro atoms. The Kier molecular flexibility index (Phi) is 5.82. The maximum absolute atomic E-state index is 11.0. The molecule has 2 rings (SSSR count). The van der Waals surface area contributed by atoms with E-state index in [9.17, 15) is 4.79 Å². The number of nitrogens with one attached hydrogen (secondary N) is 1. The number of anilines is 2. The molecule has 0 unspecified atom stereocenters. The van der Waals surface area contributed by atoms with Gasteiger partial charge in [0.1, 0.15) is 0 Å². The van der Waals surface area contributed by atoms with Crippen LogP contribution >= 0.6 is 0 Å². The highest BCUT2D eigenvalue weighted by molar-refractivity contribution is 5.69. The number of carbonyl (C=O) groups is 1. The van der Waals surface area contributed by atoms with Crippen molar-refractivity contribution in [2.24, 2.45) is 0 Å². The molecule has 0 radical (unpaired) electrons. The molecule has 2 N–H and O–H groups in total. The van der Waals surface area contributed by atoms with Gasteiger partial charge in [0.05, 0.1) is 12.6 Å². The second kappa shape index (κ2) is 7.84. The normalized spacial score (nSPS) is 10.7. The molecule has 24 heavy (non-hydrogen) atoms. The zero-order valence-corrected chi connectivity index (χ0v) is 14.7. The molecule has 2 aromatic rings. The van der Waals surface area contributed by atoms with E-state index in [1.807, 2.05) is 86.5 Å². The predicted octanol–water partition coefficient (Wildman–Crippen LogP) is 2.58. The van der Waals surface area contributed by atoms with E-state index in [2.05, 4.69) is 5.32 Å². The maximum Gasteiger partial charge on any atom is 0.317 e. The van der Waals surface area contributed by atoms with Crippen LogP contribution in [0.3, 0.4) is 0 Å². The van der Waals surface area contributed by atoms with Crippen LogP contribution in [0.4, 0.5) is 11.4 Å². The van der Waals surface area contributed by atoms with Crippen LogP contribution in [-0.2, 0) is 4.79 Å². The van der Waals surface area contributed by atoms with E-state index in [-0.39, 0.29) is 12.6 Å². The maximum atomic E-state index is 11.0. The van der Waals surface area contributed by atoms with Gasteiger partial charge in [0.2, 0.25) is 0 Å². The van der Waals surface area contributed by atoms with Crippen LogP contribution in [0.5, 0.6) is 0 Å². The molecule has 0 aliphatic carbocycles. The molecule has 0 bridgehead atoms. The minimum absolute atomic E-state index is 0.0878. The number of aliphatic carboxylic acids is 1. The third kappa shape index (κ3) is 4.49. The topological polar surface area (TPSA) is 55.8 Å². The monoisotopic (exact) mass is 327 g/mol. The third-order valence-electron chi connectivity index (χ3n) is 3.94. The lowest BCUT2D eigenvalue weighted by molar-refractivity contribution is -0.136. The summed E-state index contributed by atoms with van der Waals surface area (Å²) in [4.78, 5) is 15.1. The van der Waals surface area contributed by atoms with Crippen molar-refractivity contribution < 1.29 is 9.90 Å². The van der Waals surface area contributed by atoms with Gasteiger partial charge < -0.3 is 14.9 Å². The minimum atomic E-state index is -0.866. The molecule has 5 heteroatoms. The van der Waals surface area contributed by atoms with Gasteiger partial charge in [-0.15, -0.1) is 0 Å². The standard InChI is InChI=1S/C19H25N3O2/c1-21(2)16-9-5-14(6-10-16)19(20-13-18(23)24)15-7-11-17(12-8-15)22(3)4/h5-12,19-20H,13H2,1-4H3,(H,23,24). The molecule has 0 atom stereocenters. The molecule has 0 aliphatic heterocycles. The summed E-state index contributed by atoms with van der Waals surface area (Å²) in [6.07, 6.45) is 0. The second-order valence-electron chi connectivity index (χ2n) is 6.18. The summed E-state index contributed by atoms with van der Waals surface area (Å²) in [5.74, 6) is -0.866. The van der Waals surface area contributed by atoms with Gasteiger partial charge in [-0.25, -0.2) is 0 Å². The molecule has 2 aromatic carbocycles. The Morgan fingerprint density at radius 3 is 1.54 bits per heavy atom. The number of benzene rings is 2. The first-order valence-electron chi connectivity index (χ1n) is 7.88. The van der Waals surface area contributed by atoms with Crippen LogP contribution in [0.15, 0.2) is 48.5 Å². The Hall–Kier alpha value is -2.53. The van der Waals surface area contributed by atoms with E-state index in [4.69, 9.17) is 5.11 Å². The number of rotatable bonds is 7. The molecule has 0 amide bonds. The fraction of sp³-hybridized carbons (Fsp3) is 0.316. The third-order valence-corrected chi connectivity index (χ3v) is 3.94. The van der Waals surface area contributed by atoms with Gasteiger partial charge in [-0.05, 0) is 35.4 Å². The van der Waals surface area contributed by atoms with Crippen molar-refractivity contribution in [3.05, 3.63) is 59.7 Å². The fourth-order valence-electron chi connectivity index (χ4n) is 2.55. The molecule has 0 saturated heterocycles. The molecule has 0 fully saturated rings. The van der Waals surface area contributed by atoms with E-state index in [0.717, 1.165) is 22.5 Å². The van der Waals surface area contributed by atoms with E-state index >= 15 is 0 Å². The van der Waals surface area contributed by atoms with Gasteiger partial charge in [-0.2, -0.15) is 0 Å². The zero-order valence-electron chi connectivity index (χ0n) is 14.7. The Morgan fingerprint density at radius 1 is 0.875 bits per heavy atom. The Labute approximate surface area is 143 Å². The quantitative estimate of drug-likeness (QED) is 0.819. The van der Waals surface area contributed by atoms with Gasteiger partial charge in [0.25, 0.3) is 0 Å². The molecular formula is C19H25N3O2. The van der Waals surface area contributed by atoms with Gasteiger partial charge in [0, 0.05) is 39.6 Å². The molecule has 0 aliphatic rings. The first kappa shape index (κ1) is 17.8. The number of nitrogens with zero attached hydrogens (tertiary/aromatic N) is 2. The second-order valence-corrected chi connectivity index (χ2v) is 6.18. The van der Waals surface area contributed by atoms with Crippen LogP contribution in [0, 0.1) is 0 Å². The first-order valence-corrected chi connectivity index (χ1v) is 7.88. The summed E-state index contributed by atoms with van der Waals surface area (Å²) in [5, 5.41) is 12.1. The van der Waals surface area contributed by atoms with Crippen molar-refractivity contribution in [3.8, 4) is 0 Å². The van der Waals surface area contributed by atoms with Crippen molar-refractivity contribution in [1.82, 2.24) is 5.32 Å². The van der Waals surface area contributed by atoms with Gasteiger partial charge >= 0.3 is 5.97 Å². The molecular weight excluding hydrogens is 302 g/mol. The van der Waals surface area contributed by atoms with Gasteiger partial charge in [0.15, 0.2) is 0 Å². The summed E-state index contributed by atoms with van der Waals surface area (Å²) < 4.78 is 0. The lowest BCUT2D eigenvalue weighted by Gasteiger charge is -2.21. The Balaban J connectivity index is 2.31. The first-order chi connectivity index (χ1) is 11.4. The SMILES string of the molecule is CN(C)c1ccc(C(NCC(=O)O)c2ccc(N(C)C)cc2)cc1. The molecule has 0 heterocycles. The molecule has 128 valence electrons. The highest BCUT2D eigenvalue weighted by Crippen LogP contribution is 2.25. The number of hydrogen-bond donors (Lipinski definition) is 2. The Morgan fingerprint density at radius 2 is 1.25 bits per heavy atom. The molecule has 0 aromatic heterocycles. The predicted molar refractivity (Wildman–Crippen MR) is 99.0 cm³/mol.